The number of hydrogen-bond acceptors (Lipinski definition) is 0. The van der Waals surface area contributed by atoms with Crippen molar-refractivity contribution < 1.29 is 22.0 Å². The maximum Gasteiger partial charge on any atom is 0.417 e. The van der Waals surface area contributed by atoms with E-state index in [9.17, 15) is 22.0 Å². The van der Waals surface area contributed by atoms with E-state index in [0.29, 0.717) is 5.56 Å². The van der Waals surface area contributed by atoms with Gasteiger partial charge in [-0.2, -0.15) is 13.2 Å². The minimum absolute atomic E-state index is 0.357. The summed E-state index contributed by atoms with van der Waals surface area (Å²) in [7, 11) is 0. The van der Waals surface area contributed by atoms with E-state index >= 15 is 0 Å². The molecular formula is C14H9F5. The largest absolute Gasteiger partial charge is 0.417 e. The van der Waals surface area contributed by atoms with Gasteiger partial charge in [-0.25, -0.2) is 8.78 Å². The Morgan fingerprint density at radius 3 is 2.21 bits per heavy atom. The fourth-order valence-electron chi connectivity index (χ4n) is 1.84. The summed E-state index contributed by atoms with van der Waals surface area (Å²) in [5, 5.41) is 0. The highest BCUT2D eigenvalue weighted by atomic mass is 19.4. The Hall–Kier alpha value is -1.91. The molecule has 0 radical (unpaired) electrons. The Bertz CT molecular complexity index is 614. The van der Waals surface area contributed by atoms with Gasteiger partial charge in [0.05, 0.1) is 5.56 Å². The van der Waals surface area contributed by atoms with Crippen molar-refractivity contribution >= 4 is 0 Å². The molecule has 0 aliphatic heterocycles. The van der Waals surface area contributed by atoms with Gasteiger partial charge in [-0.05, 0) is 24.6 Å². The highest BCUT2D eigenvalue weighted by molar-refractivity contribution is 5.69. The maximum absolute atomic E-state index is 13.6. The van der Waals surface area contributed by atoms with Crippen molar-refractivity contribution in [1.29, 1.82) is 0 Å². The number of alkyl halides is 3. The molecule has 100 valence electrons. The minimum atomic E-state index is -4.62. The SMILES string of the molecule is Cc1ccc(C(F)(F)F)c(-c2cccc(F)c2F)c1. The zero-order valence-corrected chi connectivity index (χ0v) is 9.85. The third-order valence-corrected chi connectivity index (χ3v) is 2.72. The van der Waals surface area contributed by atoms with Crippen LogP contribution in [0.3, 0.4) is 0 Å². The van der Waals surface area contributed by atoms with Crippen LogP contribution in [-0.4, -0.2) is 0 Å². The van der Waals surface area contributed by atoms with Crippen molar-refractivity contribution in [3.05, 3.63) is 59.2 Å². The number of rotatable bonds is 1. The first-order valence-electron chi connectivity index (χ1n) is 5.43. The van der Waals surface area contributed by atoms with Gasteiger partial charge in [-0.1, -0.05) is 29.8 Å². The van der Waals surface area contributed by atoms with E-state index in [2.05, 4.69) is 0 Å². The first-order valence-corrected chi connectivity index (χ1v) is 5.43. The van der Waals surface area contributed by atoms with Crippen molar-refractivity contribution in [2.45, 2.75) is 13.1 Å². The van der Waals surface area contributed by atoms with E-state index in [1.165, 1.54) is 18.2 Å². The Morgan fingerprint density at radius 1 is 0.895 bits per heavy atom. The van der Waals surface area contributed by atoms with Crippen LogP contribution in [0.2, 0.25) is 0 Å². The van der Waals surface area contributed by atoms with Gasteiger partial charge in [0.1, 0.15) is 0 Å². The lowest BCUT2D eigenvalue weighted by molar-refractivity contribution is -0.137. The number of hydrogen-bond donors (Lipinski definition) is 0. The van der Waals surface area contributed by atoms with Crippen molar-refractivity contribution in [3.63, 3.8) is 0 Å². The summed E-state index contributed by atoms with van der Waals surface area (Å²) in [5.41, 5.74) is -1.20. The standard InChI is InChI=1S/C14H9F5/c1-8-5-6-11(14(17,18)19)10(7-8)9-3-2-4-12(15)13(9)16/h2-7H,1H3. The molecule has 0 heterocycles. The van der Waals surface area contributed by atoms with Crippen LogP contribution < -0.4 is 0 Å². The molecule has 2 aromatic carbocycles. The number of halogens is 5. The minimum Gasteiger partial charge on any atom is -0.204 e. The predicted molar refractivity (Wildman–Crippen MR) is 61.5 cm³/mol. The van der Waals surface area contributed by atoms with Crippen LogP contribution in [0, 0.1) is 18.6 Å². The average molecular weight is 272 g/mol. The first-order chi connectivity index (χ1) is 8.80. The number of aryl methyl sites for hydroxylation is 1. The molecule has 0 aliphatic carbocycles. The maximum atomic E-state index is 13.6. The fourth-order valence-corrected chi connectivity index (χ4v) is 1.84. The Balaban J connectivity index is 2.74. The van der Waals surface area contributed by atoms with Crippen molar-refractivity contribution in [1.82, 2.24) is 0 Å². The van der Waals surface area contributed by atoms with Gasteiger partial charge in [-0.3, -0.25) is 0 Å². The van der Waals surface area contributed by atoms with Crippen LogP contribution in [0.5, 0.6) is 0 Å². The molecule has 19 heavy (non-hydrogen) atoms. The molecule has 0 spiro atoms. The van der Waals surface area contributed by atoms with Gasteiger partial charge in [0, 0.05) is 5.56 Å². The van der Waals surface area contributed by atoms with Crippen molar-refractivity contribution in [2.75, 3.05) is 0 Å². The third kappa shape index (κ3) is 2.59. The molecule has 2 aromatic rings. The second kappa shape index (κ2) is 4.64. The lowest BCUT2D eigenvalue weighted by Gasteiger charge is -2.14. The summed E-state index contributed by atoms with van der Waals surface area (Å²) in [5.74, 6) is -2.45. The van der Waals surface area contributed by atoms with Gasteiger partial charge in [0.25, 0.3) is 0 Å². The van der Waals surface area contributed by atoms with Crippen LogP contribution in [0.15, 0.2) is 36.4 Å². The van der Waals surface area contributed by atoms with Gasteiger partial charge in [0.15, 0.2) is 11.6 Å². The molecular weight excluding hydrogens is 263 g/mol. The Labute approximate surface area is 106 Å². The molecule has 0 fully saturated rings. The molecule has 0 bridgehead atoms. The van der Waals surface area contributed by atoms with Gasteiger partial charge < -0.3 is 0 Å². The smallest absolute Gasteiger partial charge is 0.204 e. The van der Waals surface area contributed by atoms with Gasteiger partial charge in [-0.15, -0.1) is 0 Å². The molecule has 0 saturated heterocycles. The molecule has 0 atom stereocenters. The summed E-state index contributed by atoms with van der Waals surface area (Å²) < 4.78 is 65.4. The van der Waals surface area contributed by atoms with Crippen LogP contribution >= 0.6 is 0 Å². The number of benzene rings is 2. The molecule has 0 N–H and O–H groups in total. The highest BCUT2D eigenvalue weighted by Gasteiger charge is 2.34. The van der Waals surface area contributed by atoms with Crippen molar-refractivity contribution in [2.24, 2.45) is 0 Å². The van der Waals surface area contributed by atoms with Crippen LogP contribution in [0.4, 0.5) is 22.0 Å². The van der Waals surface area contributed by atoms with Crippen LogP contribution in [-0.2, 0) is 6.18 Å². The molecule has 0 aromatic heterocycles. The average Bonchev–Trinajstić information content (AvgIpc) is 2.31. The lowest BCUT2D eigenvalue weighted by atomic mass is 9.96. The molecule has 0 aliphatic rings. The van der Waals surface area contributed by atoms with E-state index in [1.807, 2.05) is 0 Å². The van der Waals surface area contributed by atoms with E-state index < -0.39 is 28.9 Å². The monoisotopic (exact) mass is 272 g/mol. The second-order valence-corrected chi connectivity index (χ2v) is 4.15. The molecule has 0 nitrogen and oxygen atoms in total. The fraction of sp³-hybridized carbons (Fsp3) is 0.143. The van der Waals surface area contributed by atoms with Crippen molar-refractivity contribution in [3.8, 4) is 11.1 Å². The Kier molecular flexibility index (Phi) is 3.30. The predicted octanol–water partition coefficient (Wildman–Crippen LogP) is 4.96. The van der Waals surface area contributed by atoms with Gasteiger partial charge in [0.2, 0.25) is 0 Å². The first kappa shape index (κ1) is 13.5. The summed E-state index contributed by atoms with van der Waals surface area (Å²) in [6.45, 7) is 1.58. The summed E-state index contributed by atoms with van der Waals surface area (Å²) >= 11 is 0. The van der Waals surface area contributed by atoms with E-state index in [4.69, 9.17) is 0 Å². The molecule has 0 amide bonds. The quantitative estimate of drug-likeness (QED) is 0.644. The van der Waals surface area contributed by atoms with Crippen LogP contribution in [0.1, 0.15) is 11.1 Å². The molecule has 2 rings (SSSR count). The lowest BCUT2D eigenvalue weighted by Crippen LogP contribution is -2.08. The molecule has 0 saturated carbocycles. The highest BCUT2D eigenvalue weighted by Crippen LogP contribution is 2.38. The van der Waals surface area contributed by atoms with E-state index in [-0.39, 0.29) is 5.56 Å². The summed E-state index contributed by atoms with van der Waals surface area (Å²) in [4.78, 5) is 0. The van der Waals surface area contributed by atoms with E-state index in [1.54, 1.807) is 6.92 Å². The Morgan fingerprint density at radius 2 is 1.58 bits per heavy atom. The zero-order chi connectivity index (χ0) is 14.2. The normalized spacial score (nSPS) is 11.7. The topological polar surface area (TPSA) is 0 Å². The van der Waals surface area contributed by atoms with Crippen LogP contribution in [0.25, 0.3) is 11.1 Å². The summed E-state index contributed by atoms with van der Waals surface area (Å²) in [6.07, 6.45) is -4.62. The second-order valence-electron chi connectivity index (χ2n) is 4.15. The zero-order valence-electron chi connectivity index (χ0n) is 9.85. The summed E-state index contributed by atoms with van der Waals surface area (Å²) in [6, 6.07) is 6.51. The van der Waals surface area contributed by atoms with Gasteiger partial charge >= 0.3 is 6.18 Å². The third-order valence-electron chi connectivity index (χ3n) is 2.72. The molecule has 5 heteroatoms. The van der Waals surface area contributed by atoms with E-state index in [0.717, 1.165) is 18.2 Å². The molecule has 0 unspecified atom stereocenters.